The van der Waals surface area contributed by atoms with Gasteiger partial charge in [-0.25, -0.2) is 0 Å². The molecular weight excluding hydrogens is 196 g/mol. The van der Waals surface area contributed by atoms with Gasteiger partial charge in [-0.15, -0.1) is 0 Å². The number of hydrogen-bond donors (Lipinski definition) is 3. The maximum atomic E-state index is 4.84. The largest absolute Gasteiger partial charge is 0.324 e. The lowest BCUT2D eigenvalue weighted by Gasteiger charge is -2.04. The van der Waals surface area contributed by atoms with Gasteiger partial charge >= 0.3 is 0 Å². The Labute approximate surface area is 86.4 Å². The summed E-state index contributed by atoms with van der Waals surface area (Å²) < 4.78 is 0.445. The molecule has 0 radical (unpaired) electrons. The first-order valence-electron chi connectivity index (χ1n) is 4.23. The summed E-state index contributed by atoms with van der Waals surface area (Å²) in [6, 6.07) is 7.98. The molecule has 0 aliphatic carbocycles. The molecule has 0 aliphatic rings. The SMILES string of the molecule is Cc1ccccc1Nc1nc(=S)[nH][nH]1. The summed E-state index contributed by atoms with van der Waals surface area (Å²) >= 11 is 4.84. The summed E-state index contributed by atoms with van der Waals surface area (Å²) in [4.78, 5) is 4.04. The molecule has 2 aromatic rings. The summed E-state index contributed by atoms with van der Waals surface area (Å²) in [7, 11) is 0. The lowest BCUT2D eigenvalue weighted by atomic mass is 10.2. The van der Waals surface area contributed by atoms with Crippen LogP contribution in [0.3, 0.4) is 0 Å². The third-order valence-electron chi connectivity index (χ3n) is 1.90. The van der Waals surface area contributed by atoms with E-state index in [0.717, 1.165) is 11.3 Å². The van der Waals surface area contributed by atoms with E-state index in [1.54, 1.807) is 0 Å². The minimum atomic E-state index is 0.445. The Hall–Kier alpha value is -1.62. The molecule has 3 N–H and O–H groups in total. The molecule has 5 heteroatoms. The van der Waals surface area contributed by atoms with Crippen LogP contribution in [-0.4, -0.2) is 15.2 Å². The van der Waals surface area contributed by atoms with Gasteiger partial charge in [-0.05, 0) is 30.8 Å². The molecule has 1 aromatic heterocycles. The highest BCUT2D eigenvalue weighted by molar-refractivity contribution is 7.71. The molecule has 72 valence electrons. The van der Waals surface area contributed by atoms with E-state index in [1.165, 1.54) is 0 Å². The van der Waals surface area contributed by atoms with Crippen molar-refractivity contribution in [2.75, 3.05) is 5.32 Å². The maximum Gasteiger partial charge on any atom is 0.222 e. The van der Waals surface area contributed by atoms with Crippen molar-refractivity contribution >= 4 is 23.9 Å². The summed E-state index contributed by atoms with van der Waals surface area (Å²) in [6.45, 7) is 2.03. The van der Waals surface area contributed by atoms with Crippen molar-refractivity contribution in [1.82, 2.24) is 15.2 Å². The second kappa shape index (κ2) is 3.63. The number of para-hydroxylation sites is 1. The molecule has 0 spiro atoms. The Morgan fingerprint density at radius 3 is 2.71 bits per heavy atom. The Morgan fingerprint density at radius 1 is 1.29 bits per heavy atom. The summed E-state index contributed by atoms with van der Waals surface area (Å²) in [6.07, 6.45) is 0. The van der Waals surface area contributed by atoms with Crippen LogP contribution in [0.25, 0.3) is 0 Å². The lowest BCUT2D eigenvalue weighted by Crippen LogP contribution is -1.94. The highest BCUT2D eigenvalue weighted by atomic mass is 32.1. The van der Waals surface area contributed by atoms with Crippen molar-refractivity contribution in [2.24, 2.45) is 0 Å². The van der Waals surface area contributed by atoms with Gasteiger partial charge in [0, 0.05) is 5.69 Å². The molecule has 0 fully saturated rings. The van der Waals surface area contributed by atoms with Crippen LogP contribution in [-0.2, 0) is 0 Å². The number of aryl methyl sites for hydroxylation is 1. The number of nitrogens with zero attached hydrogens (tertiary/aromatic N) is 1. The summed E-state index contributed by atoms with van der Waals surface area (Å²) in [5, 5.41) is 8.68. The zero-order valence-corrected chi connectivity index (χ0v) is 8.48. The van der Waals surface area contributed by atoms with Crippen LogP contribution in [0.4, 0.5) is 11.6 Å². The van der Waals surface area contributed by atoms with E-state index in [-0.39, 0.29) is 0 Å². The Bertz CT molecular complexity index is 485. The first-order chi connectivity index (χ1) is 6.75. The number of aromatic amines is 2. The van der Waals surface area contributed by atoms with Crippen molar-refractivity contribution in [3.8, 4) is 0 Å². The van der Waals surface area contributed by atoms with Crippen molar-refractivity contribution < 1.29 is 0 Å². The number of benzene rings is 1. The van der Waals surface area contributed by atoms with Gasteiger partial charge in [0.05, 0.1) is 0 Å². The molecular formula is C9H10N4S. The molecule has 1 aromatic carbocycles. The molecule has 0 saturated heterocycles. The van der Waals surface area contributed by atoms with Crippen LogP contribution in [0.1, 0.15) is 5.56 Å². The van der Waals surface area contributed by atoms with E-state index >= 15 is 0 Å². The molecule has 1 heterocycles. The number of rotatable bonds is 2. The van der Waals surface area contributed by atoms with Gasteiger partial charge in [0.25, 0.3) is 0 Å². The average Bonchev–Trinajstić information content (AvgIpc) is 2.56. The van der Waals surface area contributed by atoms with E-state index in [0.29, 0.717) is 10.7 Å². The first-order valence-corrected chi connectivity index (χ1v) is 4.64. The van der Waals surface area contributed by atoms with Gasteiger partial charge in [0.15, 0.2) is 0 Å². The van der Waals surface area contributed by atoms with Crippen LogP contribution in [0.2, 0.25) is 0 Å². The van der Waals surface area contributed by atoms with Crippen LogP contribution in [0, 0.1) is 11.7 Å². The smallest absolute Gasteiger partial charge is 0.222 e. The number of anilines is 2. The predicted molar refractivity (Wildman–Crippen MR) is 58.2 cm³/mol. The quantitative estimate of drug-likeness (QED) is 0.662. The number of nitrogens with one attached hydrogen (secondary N) is 3. The van der Waals surface area contributed by atoms with Crippen molar-refractivity contribution in [1.29, 1.82) is 0 Å². The number of H-pyrrole nitrogens is 2. The van der Waals surface area contributed by atoms with Gasteiger partial charge < -0.3 is 5.32 Å². The molecule has 0 saturated carbocycles. The zero-order valence-electron chi connectivity index (χ0n) is 7.66. The molecule has 0 unspecified atom stereocenters. The fourth-order valence-electron chi connectivity index (χ4n) is 1.17. The van der Waals surface area contributed by atoms with E-state index in [1.807, 2.05) is 31.2 Å². The molecule has 4 nitrogen and oxygen atoms in total. The van der Waals surface area contributed by atoms with Gasteiger partial charge in [0.1, 0.15) is 0 Å². The molecule has 2 rings (SSSR count). The molecule has 0 amide bonds. The number of aromatic nitrogens is 3. The fourth-order valence-corrected chi connectivity index (χ4v) is 1.31. The van der Waals surface area contributed by atoms with Crippen molar-refractivity contribution in [2.45, 2.75) is 6.92 Å². The van der Waals surface area contributed by atoms with E-state index in [2.05, 4.69) is 20.5 Å². The third-order valence-corrected chi connectivity index (χ3v) is 2.09. The van der Waals surface area contributed by atoms with Crippen LogP contribution >= 0.6 is 12.2 Å². The predicted octanol–water partition coefficient (Wildman–Crippen LogP) is 2.52. The van der Waals surface area contributed by atoms with E-state index in [9.17, 15) is 0 Å². The Morgan fingerprint density at radius 2 is 2.07 bits per heavy atom. The van der Waals surface area contributed by atoms with Gasteiger partial charge in [-0.1, -0.05) is 18.2 Å². The molecule has 14 heavy (non-hydrogen) atoms. The second-order valence-electron chi connectivity index (χ2n) is 2.96. The van der Waals surface area contributed by atoms with Gasteiger partial charge in [0.2, 0.25) is 10.7 Å². The fraction of sp³-hybridized carbons (Fsp3) is 0.111. The average molecular weight is 206 g/mol. The zero-order chi connectivity index (χ0) is 9.97. The highest BCUT2D eigenvalue weighted by Crippen LogP contribution is 2.16. The van der Waals surface area contributed by atoms with Gasteiger partial charge in [-0.2, -0.15) is 4.98 Å². The Balaban J connectivity index is 2.27. The van der Waals surface area contributed by atoms with Crippen LogP contribution in [0.5, 0.6) is 0 Å². The molecule has 0 atom stereocenters. The normalized spacial score (nSPS) is 10.1. The van der Waals surface area contributed by atoms with Crippen LogP contribution < -0.4 is 5.32 Å². The monoisotopic (exact) mass is 206 g/mol. The maximum absolute atomic E-state index is 4.84. The summed E-state index contributed by atoms with van der Waals surface area (Å²) in [5.41, 5.74) is 2.18. The van der Waals surface area contributed by atoms with Gasteiger partial charge in [-0.3, -0.25) is 10.2 Å². The van der Waals surface area contributed by atoms with E-state index in [4.69, 9.17) is 12.2 Å². The summed E-state index contributed by atoms with van der Waals surface area (Å²) in [5.74, 6) is 0.629. The van der Waals surface area contributed by atoms with E-state index < -0.39 is 0 Å². The minimum Gasteiger partial charge on any atom is -0.324 e. The standard InChI is InChI=1S/C9H10N4S/c1-6-4-2-3-5-7(6)10-8-11-9(14)13-12-8/h2-5H,1H3,(H3,10,11,12,13,14). The Kier molecular flexibility index (Phi) is 2.32. The second-order valence-corrected chi connectivity index (χ2v) is 3.34. The highest BCUT2D eigenvalue weighted by Gasteiger charge is 1.99. The molecule has 0 bridgehead atoms. The first kappa shape index (κ1) is 8.96. The van der Waals surface area contributed by atoms with Crippen LogP contribution in [0.15, 0.2) is 24.3 Å². The minimum absolute atomic E-state index is 0.445. The lowest BCUT2D eigenvalue weighted by molar-refractivity contribution is 1.08. The molecule has 0 aliphatic heterocycles. The van der Waals surface area contributed by atoms with Crippen molar-refractivity contribution in [3.63, 3.8) is 0 Å². The number of hydrogen-bond acceptors (Lipinski definition) is 3. The third kappa shape index (κ3) is 1.82. The van der Waals surface area contributed by atoms with Crippen molar-refractivity contribution in [3.05, 3.63) is 34.6 Å². The topological polar surface area (TPSA) is 56.5 Å².